The van der Waals surface area contributed by atoms with Gasteiger partial charge in [0.1, 0.15) is 4.90 Å². The lowest BCUT2D eigenvalue weighted by Crippen LogP contribution is -2.46. The summed E-state index contributed by atoms with van der Waals surface area (Å²) in [5.41, 5.74) is 0.889. The molecule has 2 atom stereocenters. The highest BCUT2D eigenvalue weighted by Gasteiger charge is 2.45. The summed E-state index contributed by atoms with van der Waals surface area (Å²) in [5.74, 6) is -0.0775. The van der Waals surface area contributed by atoms with Crippen molar-refractivity contribution in [1.29, 1.82) is 0 Å². The Kier molecular flexibility index (Phi) is 5.71. The van der Waals surface area contributed by atoms with E-state index in [1.165, 1.54) is 12.1 Å². The highest BCUT2D eigenvalue weighted by atomic mass is 79.9. The second kappa shape index (κ2) is 7.09. The first-order valence-corrected chi connectivity index (χ1v) is 10.3. The number of ketones is 1. The molecule has 1 aliphatic carbocycles. The van der Waals surface area contributed by atoms with Crippen molar-refractivity contribution >= 4 is 53.5 Å². The van der Waals surface area contributed by atoms with Gasteiger partial charge in [0.2, 0.25) is 0 Å². The fourth-order valence-electron chi connectivity index (χ4n) is 2.17. The lowest BCUT2D eigenvalue weighted by atomic mass is 9.83. The molecule has 0 N–H and O–H groups in total. The Labute approximate surface area is 158 Å². The summed E-state index contributed by atoms with van der Waals surface area (Å²) >= 11 is 6.81. The van der Waals surface area contributed by atoms with E-state index in [1.54, 1.807) is 31.2 Å². The van der Waals surface area contributed by atoms with E-state index in [4.69, 9.17) is 4.28 Å². The average molecular weight is 479 g/mol. The van der Waals surface area contributed by atoms with Crippen molar-refractivity contribution in [2.24, 2.45) is 11.1 Å². The topological polar surface area (TPSA) is 72.8 Å². The minimum atomic E-state index is -4.02. The largest absolute Gasteiger partial charge is 0.358 e. The standard InChI is InChI=1S/C16H17Br2NO4S/c1-10(2)12-9-13(16(3,18)15(17)14(12)20)19-23-24(21,22)11-7-5-4-6-8-11/h4-10,15H,1-3H3/b19-13-. The van der Waals surface area contributed by atoms with Crippen LogP contribution < -0.4 is 0 Å². The van der Waals surface area contributed by atoms with Crippen LogP contribution in [0.4, 0.5) is 0 Å². The minimum absolute atomic E-state index is 0.0148. The third-order valence-corrected chi connectivity index (χ3v) is 7.60. The summed E-state index contributed by atoms with van der Waals surface area (Å²) in [4.78, 5) is 11.8. The van der Waals surface area contributed by atoms with E-state index in [1.807, 2.05) is 13.8 Å². The normalized spacial score (nSPS) is 26.6. The van der Waals surface area contributed by atoms with Crippen LogP contribution in [-0.2, 0) is 19.2 Å². The summed E-state index contributed by atoms with van der Waals surface area (Å²) in [6, 6.07) is 7.76. The molecule has 1 aromatic carbocycles. The number of carbonyl (C=O) groups is 1. The molecule has 0 aromatic heterocycles. The van der Waals surface area contributed by atoms with Gasteiger partial charge >= 0.3 is 10.1 Å². The molecule has 130 valence electrons. The number of alkyl halides is 2. The Morgan fingerprint density at radius 1 is 1.25 bits per heavy atom. The van der Waals surface area contributed by atoms with Crippen LogP contribution in [0.3, 0.4) is 0 Å². The number of rotatable bonds is 4. The van der Waals surface area contributed by atoms with Crippen LogP contribution in [0.1, 0.15) is 20.8 Å². The minimum Gasteiger partial charge on any atom is -0.293 e. The van der Waals surface area contributed by atoms with Crippen molar-refractivity contribution in [3.05, 3.63) is 42.0 Å². The quantitative estimate of drug-likeness (QED) is 0.487. The fraction of sp³-hybridized carbons (Fsp3) is 0.375. The second-order valence-corrected chi connectivity index (χ2v) is 9.97. The number of benzene rings is 1. The van der Waals surface area contributed by atoms with E-state index in [2.05, 4.69) is 37.0 Å². The zero-order chi connectivity index (χ0) is 18.1. The number of halogens is 2. The van der Waals surface area contributed by atoms with E-state index >= 15 is 0 Å². The highest BCUT2D eigenvalue weighted by Crippen LogP contribution is 2.38. The number of nitrogens with zero attached hydrogens (tertiary/aromatic N) is 1. The van der Waals surface area contributed by atoms with Gasteiger partial charge in [-0.25, -0.2) is 0 Å². The number of oxime groups is 1. The molecule has 5 nitrogen and oxygen atoms in total. The Morgan fingerprint density at radius 2 is 1.83 bits per heavy atom. The van der Waals surface area contributed by atoms with Crippen molar-refractivity contribution in [2.75, 3.05) is 0 Å². The van der Waals surface area contributed by atoms with E-state index < -0.39 is 19.3 Å². The predicted octanol–water partition coefficient (Wildman–Crippen LogP) is 3.83. The number of Topliss-reactive ketones (excluding diaryl/α,β-unsaturated/α-hetero) is 1. The van der Waals surface area contributed by atoms with Gasteiger partial charge in [-0.05, 0) is 31.1 Å². The Balaban J connectivity index is 2.42. The molecule has 0 amide bonds. The molecule has 0 heterocycles. The predicted molar refractivity (Wildman–Crippen MR) is 100 cm³/mol. The van der Waals surface area contributed by atoms with Crippen molar-refractivity contribution in [3.8, 4) is 0 Å². The molecule has 0 saturated heterocycles. The fourth-order valence-corrected chi connectivity index (χ4v) is 3.82. The van der Waals surface area contributed by atoms with Crippen LogP contribution in [-0.4, -0.2) is 29.1 Å². The summed E-state index contributed by atoms with van der Waals surface area (Å²) in [6.45, 7) is 5.51. The lowest BCUT2D eigenvalue weighted by molar-refractivity contribution is -0.115. The van der Waals surface area contributed by atoms with Crippen molar-refractivity contribution in [1.82, 2.24) is 0 Å². The Hall–Kier alpha value is -0.990. The molecule has 2 unspecified atom stereocenters. The highest BCUT2D eigenvalue weighted by molar-refractivity contribution is 9.13. The number of carbonyl (C=O) groups excluding carboxylic acids is 1. The Morgan fingerprint density at radius 3 is 2.38 bits per heavy atom. The number of hydrogen-bond acceptors (Lipinski definition) is 5. The van der Waals surface area contributed by atoms with Crippen LogP contribution in [0.25, 0.3) is 0 Å². The third-order valence-electron chi connectivity index (χ3n) is 3.67. The Bertz CT molecular complexity index is 799. The smallest absolute Gasteiger partial charge is 0.293 e. The number of hydrogen-bond donors (Lipinski definition) is 0. The first-order valence-electron chi connectivity index (χ1n) is 7.23. The first-order chi connectivity index (χ1) is 11.1. The molecule has 1 aromatic rings. The van der Waals surface area contributed by atoms with Gasteiger partial charge in [0, 0.05) is 5.57 Å². The van der Waals surface area contributed by atoms with Crippen molar-refractivity contribution < 1.29 is 17.5 Å². The molecule has 2 rings (SSSR count). The molecule has 24 heavy (non-hydrogen) atoms. The van der Waals surface area contributed by atoms with Crippen molar-refractivity contribution in [3.63, 3.8) is 0 Å². The monoisotopic (exact) mass is 477 g/mol. The molecule has 1 aliphatic rings. The molecule has 0 saturated carbocycles. The zero-order valence-corrected chi connectivity index (χ0v) is 17.4. The van der Waals surface area contributed by atoms with E-state index in [0.29, 0.717) is 11.3 Å². The van der Waals surface area contributed by atoms with E-state index in [9.17, 15) is 13.2 Å². The van der Waals surface area contributed by atoms with Gasteiger partial charge in [0.25, 0.3) is 0 Å². The SMILES string of the molecule is CC(C)C1=C/C(=N/OS(=O)(=O)c2ccccc2)C(C)(Br)C(Br)C1=O. The summed E-state index contributed by atoms with van der Waals surface area (Å²) < 4.78 is 28.4. The van der Waals surface area contributed by atoms with Gasteiger partial charge in [-0.2, -0.15) is 8.42 Å². The zero-order valence-electron chi connectivity index (χ0n) is 13.4. The van der Waals surface area contributed by atoms with Gasteiger partial charge in [0.05, 0.1) is 14.9 Å². The molecular weight excluding hydrogens is 462 g/mol. The maximum atomic E-state index is 12.4. The maximum Gasteiger partial charge on any atom is 0.358 e. The summed E-state index contributed by atoms with van der Waals surface area (Å²) in [5, 5.41) is 3.82. The van der Waals surface area contributed by atoms with Gasteiger partial charge in [-0.1, -0.05) is 69.1 Å². The molecule has 8 heteroatoms. The molecule has 0 aliphatic heterocycles. The molecule has 0 bridgehead atoms. The molecule has 0 fully saturated rings. The van der Waals surface area contributed by atoms with E-state index in [0.717, 1.165) is 0 Å². The van der Waals surface area contributed by atoms with Crippen molar-refractivity contribution in [2.45, 2.75) is 34.8 Å². The lowest BCUT2D eigenvalue weighted by Gasteiger charge is -2.33. The first kappa shape index (κ1) is 19.3. The van der Waals surface area contributed by atoms with Crippen LogP contribution >= 0.6 is 31.9 Å². The second-order valence-electron chi connectivity index (χ2n) is 5.88. The third kappa shape index (κ3) is 3.81. The van der Waals surface area contributed by atoms with Gasteiger partial charge in [-0.15, -0.1) is 0 Å². The maximum absolute atomic E-state index is 12.4. The average Bonchev–Trinajstić information content (AvgIpc) is 2.52. The molecule has 0 radical (unpaired) electrons. The molecular formula is C16H17Br2NO4S. The van der Waals surface area contributed by atoms with Gasteiger partial charge in [0.15, 0.2) is 5.78 Å². The summed E-state index contributed by atoms with van der Waals surface area (Å²) in [6.07, 6.45) is 1.58. The van der Waals surface area contributed by atoms with Crippen LogP contribution in [0.2, 0.25) is 0 Å². The number of allylic oxidation sites excluding steroid dienone is 2. The van der Waals surface area contributed by atoms with Crippen LogP contribution in [0.5, 0.6) is 0 Å². The van der Waals surface area contributed by atoms with Gasteiger partial charge < -0.3 is 0 Å². The van der Waals surface area contributed by atoms with Gasteiger partial charge in [-0.3, -0.25) is 9.08 Å². The molecule has 0 spiro atoms. The van der Waals surface area contributed by atoms with E-state index in [-0.39, 0.29) is 16.6 Å². The van der Waals surface area contributed by atoms with Crippen LogP contribution in [0, 0.1) is 5.92 Å². The van der Waals surface area contributed by atoms with Crippen LogP contribution in [0.15, 0.2) is 52.0 Å². The summed E-state index contributed by atoms with van der Waals surface area (Å²) in [7, 11) is -4.02.